The Hall–Kier alpha value is -2.24. The van der Waals surface area contributed by atoms with Crippen LogP contribution in [0.4, 0.5) is 0 Å². The van der Waals surface area contributed by atoms with Crippen LogP contribution in [0.5, 0.6) is 0 Å². The van der Waals surface area contributed by atoms with E-state index in [1.807, 2.05) is 13.8 Å². The van der Waals surface area contributed by atoms with Crippen molar-refractivity contribution >= 4 is 23.8 Å². The van der Waals surface area contributed by atoms with Crippen molar-refractivity contribution in [3.8, 4) is 0 Å². The molecule has 0 spiro atoms. The van der Waals surface area contributed by atoms with Gasteiger partial charge in [-0.1, -0.05) is 13.8 Å². The van der Waals surface area contributed by atoms with E-state index < -0.39 is 35.9 Å². The minimum absolute atomic E-state index is 0.0213. The van der Waals surface area contributed by atoms with E-state index in [1.54, 1.807) is 0 Å². The Labute approximate surface area is 158 Å². The molecule has 0 unspecified atom stereocenters. The average Bonchev–Trinajstić information content (AvgIpc) is 3.07. The molecule has 0 saturated carbocycles. The van der Waals surface area contributed by atoms with E-state index in [0.717, 1.165) is 19.4 Å². The van der Waals surface area contributed by atoms with E-state index >= 15 is 0 Å². The average molecular weight is 392 g/mol. The van der Waals surface area contributed by atoms with Crippen LogP contribution in [0, 0.1) is 5.92 Å². The number of rotatable bonds is 8. The SMILES string of the molecule is CC(C)C[C@H](N)C(=O)O.NC(=O)CC[C@H](N)C(=O)O.O=C(O)[C@@H]1CCCN1. The van der Waals surface area contributed by atoms with E-state index in [2.05, 4.69) is 5.32 Å². The summed E-state index contributed by atoms with van der Waals surface area (Å²) in [5.41, 5.74) is 15.0. The zero-order chi connectivity index (χ0) is 21.6. The number of hydrogen-bond donors (Lipinski definition) is 7. The molecule has 10 N–H and O–H groups in total. The van der Waals surface area contributed by atoms with Gasteiger partial charge in [-0.15, -0.1) is 0 Å². The lowest BCUT2D eigenvalue weighted by molar-refractivity contribution is -0.139. The molecule has 1 aliphatic rings. The first kappa shape index (κ1) is 27.0. The molecule has 0 aliphatic carbocycles. The van der Waals surface area contributed by atoms with Crippen molar-refractivity contribution in [3.63, 3.8) is 0 Å². The summed E-state index contributed by atoms with van der Waals surface area (Å²) in [7, 11) is 0. The van der Waals surface area contributed by atoms with Crippen LogP contribution >= 0.6 is 0 Å². The number of amides is 1. The Bertz CT molecular complexity index is 479. The monoisotopic (exact) mass is 392 g/mol. The molecule has 3 atom stereocenters. The molecule has 0 aromatic heterocycles. The van der Waals surface area contributed by atoms with Gasteiger partial charge in [-0.05, 0) is 38.1 Å². The van der Waals surface area contributed by atoms with Crippen LogP contribution in [0.3, 0.4) is 0 Å². The highest BCUT2D eigenvalue weighted by atomic mass is 16.4. The molecular formula is C16H32N4O7. The van der Waals surface area contributed by atoms with Gasteiger partial charge in [-0.3, -0.25) is 19.2 Å². The van der Waals surface area contributed by atoms with Crippen LogP contribution in [0.1, 0.15) is 46.0 Å². The van der Waals surface area contributed by atoms with E-state index in [1.165, 1.54) is 0 Å². The first-order valence-corrected chi connectivity index (χ1v) is 8.59. The number of carboxylic acid groups (broad SMARTS) is 3. The van der Waals surface area contributed by atoms with Gasteiger partial charge in [-0.2, -0.15) is 0 Å². The van der Waals surface area contributed by atoms with Crippen LogP contribution in [-0.4, -0.2) is 63.8 Å². The number of nitrogens with two attached hydrogens (primary N) is 3. The van der Waals surface area contributed by atoms with Gasteiger partial charge >= 0.3 is 17.9 Å². The van der Waals surface area contributed by atoms with Crippen molar-refractivity contribution in [2.45, 2.75) is 64.1 Å². The van der Waals surface area contributed by atoms with Crippen LogP contribution < -0.4 is 22.5 Å². The predicted molar refractivity (Wildman–Crippen MR) is 97.8 cm³/mol. The summed E-state index contributed by atoms with van der Waals surface area (Å²) < 4.78 is 0. The Morgan fingerprint density at radius 3 is 1.78 bits per heavy atom. The maximum atomic E-state index is 10.1. The highest BCUT2D eigenvalue weighted by molar-refractivity contribution is 5.77. The molecule has 27 heavy (non-hydrogen) atoms. The third-order valence-electron chi connectivity index (χ3n) is 3.42. The third kappa shape index (κ3) is 17.0. The van der Waals surface area contributed by atoms with Crippen molar-refractivity contribution in [1.29, 1.82) is 0 Å². The molecule has 158 valence electrons. The van der Waals surface area contributed by atoms with Crippen molar-refractivity contribution < 1.29 is 34.5 Å². The molecule has 1 aliphatic heterocycles. The van der Waals surface area contributed by atoms with Crippen molar-refractivity contribution in [2.24, 2.45) is 23.1 Å². The second-order valence-corrected chi connectivity index (χ2v) is 6.51. The maximum Gasteiger partial charge on any atom is 0.320 e. The number of hydrogen-bond acceptors (Lipinski definition) is 7. The lowest BCUT2D eigenvalue weighted by Crippen LogP contribution is -2.31. The molecule has 1 heterocycles. The molecule has 1 rings (SSSR count). The molecule has 0 bridgehead atoms. The number of carboxylic acids is 3. The zero-order valence-corrected chi connectivity index (χ0v) is 15.8. The molecule has 1 amide bonds. The van der Waals surface area contributed by atoms with Crippen LogP contribution in [-0.2, 0) is 19.2 Å². The topological polar surface area (TPSA) is 219 Å². The summed E-state index contributed by atoms with van der Waals surface area (Å²) in [5.74, 6) is -2.92. The third-order valence-corrected chi connectivity index (χ3v) is 3.42. The van der Waals surface area contributed by atoms with Gasteiger partial charge in [-0.25, -0.2) is 0 Å². The van der Waals surface area contributed by atoms with E-state index in [-0.39, 0.29) is 18.9 Å². The maximum absolute atomic E-state index is 10.1. The van der Waals surface area contributed by atoms with E-state index in [9.17, 15) is 19.2 Å². The first-order chi connectivity index (χ1) is 12.4. The smallest absolute Gasteiger partial charge is 0.320 e. The fraction of sp³-hybridized carbons (Fsp3) is 0.750. The molecule has 0 radical (unpaired) electrons. The number of carbonyl (C=O) groups excluding carboxylic acids is 1. The van der Waals surface area contributed by atoms with Gasteiger partial charge in [0.05, 0.1) is 0 Å². The van der Waals surface area contributed by atoms with E-state index in [4.69, 9.17) is 32.5 Å². The Morgan fingerprint density at radius 2 is 1.56 bits per heavy atom. The quantitative estimate of drug-likeness (QED) is 0.265. The number of primary amides is 1. The minimum atomic E-state index is -1.11. The van der Waals surface area contributed by atoms with Crippen molar-refractivity contribution in [3.05, 3.63) is 0 Å². The lowest BCUT2D eigenvalue weighted by Gasteiger charge is -2.07. The van der Waals surface area contributed by atoms with Gasteiger partial charge in [0.2, 0.25) is 5.91 Å². The molecule has 0 aromatic rings. The molecule has 11 heteroatoms. The van der Waals surface area contributed by atoms with Gasteiger partial charge in [0.25, 0.3) is 0 Å². The van der Waals surface area contributed by atoms with Gasteiger partial charge in [0.15, 0.2) is 0 Å². The highest BCUT2D eigenvalue weighted by Crippen LogP contribution is 2.03. The van der Waals surface area contributed by atoms with Gasteiger partial charge in [0, 0.05) is 6.42 Å². The van der Waals surface area contributed by atoms with Crippen LogP contribution in [0.2, 0.25) is 0 Å². The van der Waals surface area contributed by atoms with Gasteiger partial charge < -0.3 is 37.8 Å². The molecule has 0 aromatic carbocycles. The number of carbonyl (C=O) groups is 4. The minimum Gasteiger partial charge on any atom is -0.480 e. The Balaban J connectivity index is 0. The fourth-order valence-electron chi connectivity index (χ4n) is 1.93. The Kier molecular flexibility index (Phi) is 14.9. The fourth-order valence-corrected chi connectivity index (χ4v) is 1.93. The summed E-state index contributed by atoms with van der Waals surface area (Å²) in [6, 6.07) is -1.94. The largest absolute Gasteiger partial charge is 0.480 e. The summed E-state index contributed by atoms with van der Waals surface area (Å²) in [4.78, 5) is 40.4. The zero-order valence-electron chi connectivity index (χ0n) is 15.8. The summed E-state index contributed by atoms with van der Waals surface area (Å²) in [5, 5.41) is 27.7. The van der Waals surface area contributed by atoms with E-state index in [0.29, 0.717) is 12.3 Å². The second kappa shape index (κ2) is 14.9. The Morgan fingerprint density at radius 1 is 1.04 bits per heavy atom. The standard InChI is InChI=1S/C6H13NO2.C5H10N2O3.C5H9NO2/c1-4(2)3-5(7)6(8)9;6-3(5(9)10)1-2-4(7)8;7-5(8)4-2-1-3-6-4/h4-5H,3,7H2,1-2H3,(H,8,9);3H,1-2,6H2,(H2,7,8)(H,9,10);4,6H,1-3H2,(H,7,8)/t5-;3-;4-/m000/s1. The predicted octanol–water partition coefficient (Wildman–Crippen LogP) is -1.07. The summed E-state index contributed by atoms with van der Waals surface area (Å²) >= 11 is 0. The molecular weight excluding hydrogens is 360 g/mol. The van der Waals surface area contributed by atoms with Crippen molar-refractivity contribution in [1.82, 2.24) is 5.32 Å². The van der Waals surface area contributed by atoms with Crippen LogP contribution in [0.15, 0.2) is 0 Å². The molecule has 1 saturated heterocycles. The van der Waals surface area contributed by atoms with Gasteiger partial charge in [0.1, 0.15) is 18.1 Å². The number of nitrogens with one attached hydrogen (secondary N) is 1. The first-order valence-electron chi connectivity index (χ1n) is 8.59. The van der Waals surface area contributed by atoms with Crippen LogP contribution in [0.25, 0.3) is 0 Å². The molecule has 1 fully saturated rings. The number of aliphatic carboxylic acids is 3. The summed E-state index contributed by atoms with van der Waals surface area (Å²) in [6.07, 6.45) is 2.46. The lowest BCUT2D eigenvalue weighted by atomic mass is 10.1. The highest BCUT2D eigenvalue weighted by Gasteiger charge is 2.20. The second-order valence-electron chi connectivity index (χ2n) is 6.51. The normalized spacial score (nSPS) is 17.6. The summed E-state index contributed by atoms with van der Waals surface area (Å²) in [6.45, 7) is 4.75. The van der Waals surface area contributed by atoms with Crippen molar-refractivity contribution in [2.75, 3.05) is 6.54 Å². The molecule has 11 nitrogen and oxygen atoms in total.